The first-order valence-electron chi connectivity index (χ1n) is 12.0. The molecule has 0 fully saturated rings. The fraction of sp³-hybridized carbons (Fsp3) is 0.286. The molecule has 0 radical (unpaired) electrons. The van der Waals surface area contributed by atoms with Gasteiger partial charge in [-0.05, 0) is 67.1 Å². The molecule has 0 atom stereocenters. The lowest BCUT2D eigenvalue weighted by Gasteiger charge is -2.08. The first-order valence-corrected chi connectivity index (χ1v) is 12.0. The van der Waals surface area contributed by atoms with Crippen molar-refractivity contribution in [3.05, 3.63) is 94.0 Å². The van der Waals surface area contributed by atoms with E-state index >= 15 is 0 Å². The number of esters is 2. The normalized spacial score (nSPS) is 10.5. The van der Waals surface area contributed by atoms with Crippen LogP contribution in [0.2, 0.25) is 0 Å². The van der Waals surface area contributed by atoms with Crippen molar-refractivity contribution in [1.29, 1.82) is 0 Å². The molecule has 0 aliphatic carbocycles. The van der Waals surface area contributed by atoms with Crippen LogP contribution in [0.1, 0.15) is 66.2 Å². The Morgan fingerprint density at radius 2 is 1.11 bits per heavy atom. The lowest BCUT2D eigenvalue weighted by atomic mass is 10.1. The van der Waals surface area contributed by atoms with Gasteiger partial charge in [0.05, 0.1) is 22.7 Å². The van der Waals surface area contributed by atoms with Crippen LogP contribution in [-0.4, -0.2) is 23.5 Å². The summed E-state index contributed by atoms with van der Waals surface area (Å²) in [6.45, 7) is 2.86. The number of non-ortho nitro benzene ring substituents is 1. The van der Waals surface area contributed by atoms with E-state index in [0.717, 1.165) is 18.6 Å². The number of nitro groups is 1. The van der Waals surface area contributed by atoms with Crippen molar-refractivity contribution in [3.8, 4) is 17.2 Å². The number of rotatable bonds is 13. The van der Waals surface area contributed by atoms with Crippen LogP contribution >= 0.6 is 0 Å². The second-order valence-corrected chi connectivity index (χ2v) is 8.20. The van der Waals surface area contributed by atoms with E-state index in [2.05, 4.69) is 6.92 Å². The van der Waals surface area contributed by atoms with Crippen molar-refractivity contribution >= 4 is 17.6 Å². The van der Waals surface area contributed by atoms with E-state index in [1.165, 1.54) is 74.2 Å². The zero-order valence-corrected chi connectivity index (χ0v) is 20.2. The van der Waals surface area contributed by atoms with E-state index < -0.39 is 16.9 Å². The third-order valence-electron chi connectivity index (χ3n) is 5.42. The molecule has 8 heteroatoms. The van der Waals surface area contributed by atoms with Gasteiger partial charge in [-0.3, -0.25) is 10.1 Å². The lowest BCUT2D eigenvalue weighted by Crippen LogP contribution is -2.10. The third-order valence-corrected chi connectivity index (χ3v) is 5.42. The van der Waals surface area contributed by atoms with Gasteiger partial charge in [-0.2, -0.15) is 0 Å². The van der Waals surface area contributed by atoms with Crippen LogP contribution in [0.25, 0.3) is 0 Å². The van der Waals surface area contributed by atoms with Crippen LogP contribution in [0.4, 0.5) is 5.69 Å². The Hall–Kier alpha value is -4.20. The van der Waals surface area contributed by atoms with Crippen LogP contribution in [-0.2, 0) is 0 Å². The number of ether oxygens (including phenoxy) is 3. The Morgan fingerprint density at radius 1 is 0.667 bits per heavy atom. The monoisotopic (exact) mass is 491 g/mol. The molecular weight excluding hydrogens is 462 g/mol. The van der Waals surface area contributed by atoms with Gasteiger partial charge in [-0.1, -0.05) is 39.0 Å². The average molecular weight is 492 g/mol. The van der Waals surface area contributed by atoms with Crippen LogP contribution in [0.15, 0.2) is 72.8 Å². The van der Waals surface area contributed by atoms with Gasteiger partial charge >= 0.3 is 11.9 Å². The molecule has 0 saturated carbocycles. The van der Waals surface area contributed by atoms with Gasteiger partial charge in [0.2, 0.25) is 0 Å². The van der Waals surface area contributed by atoms with Crippen LogP contribution < -0.4 is 14.2 Å². The van der Waals surface area contributed by atoms with Crippen molar-refractivity contribution in [1.82, 2.24) is 0 Å². The van der Waals surface area contributed by atoms with Gasteiger partial charge in [0, 0.05) is 12.1 Å². The minimum absolute atomic E-state index is 0.121. The summed E-state index contributed by atoms with van der Waals surface area (Å²) >= 11 is 0. The molecular formula is C28H29NO7. The van der Waals surface area contributed by atoms with E-state index in [9.17, 15) is 19.7 Å². The molecule has 36 heavy (non-hydrogen) atoms. The zero-order chi connectivity index (χ0) is 25.8. The molecule has 0 aliphatic heterocycles. The van der Waals surface area contributed by atoms with Gasteiger partial charge in [0.25, 0.3) is 5.69 Å². The van der Waals surface area contributed by atoms with Crippen LogP contribution in [0, 0.1) is 10.1 Å². The van der Waals surface area contributed by atoms with Crippen molar-refractivity contribution in [3.63, 3.8) is 0 Å². The molecule has 0 spiro atoms. The van der Waals surface area contributed by atoms with E-state index in [1.807, 2.05) is 0 Å². The van der Waals surface area contributed by atoms with E-state index in [1.54, 1.807) is 24.3 Å². The minimum Gasteiger partial charge on any atom is -0.494 e. The number of hydrogen-bond donors (Lipinski definition) is 0. The third kappa shape index (κ3) is 8.23. The number of carbonyl (C=O) groups excluding carboxylic acids is 2. The van der Waals surface area contributed by atoms with Crippen molar-refractivity contribution in [2.75, 3.05) is 6.61 Å². The average Bonchev–Trinajstić information content (AvgIpc) is 2.89. The molecule has 0 heterocycles. The maximum absolute atomic E-state index is 12.4. The maximum atomic E-state index is 12.4. The molecule has 3 aromatic carbocycles. The largest absolute Gasteiger partial charge is 0.494 e. The lowest BCUT2D eigenvalue weighted by molar-refractivity contribution is -0.384. The summed E-state index contributed by atoms with van der Waals surface area (Å²) in [6.07, 6.45) is 7.19. The smallest absolute Gasteiger partial charge is 0.343 e. The Kier molecular flexibility index (Phi) is 10.00. The summed E-state index contributed by atoms with van der Waals surface area (Å²) in [7, 11) is 0. The predicted octanol–water partition coefficient (Wildman–Crippen LogP) is 6.77. The SMILES string of the molecule is CCCCCCCCOc1ccc(OC(=O)c2ccc(OC(=O)c3ccc([N+](=O)[O-])cc3)cc2)cc1. The molecule has 0 amide bonds. The minimum atomic E-state index is -0.668. The molecule has 3 aromatic rings. The fourth-order valence-electron chi connectivity index (χ4n) is 3.39. The molecule has 188 valence electrons. The van der Waals surface area contributed by atoms with E-state index in [-0.39, 0.29) is 22.6 Å². The quantitative estimate of drug-likeness (QED) is 0.0854. The number of hydrogen-bond acceptors (Lipinski definition) is 7. The summed E-state index contributed by atoms with van der Waals surface area (Å²) in [4.78, 5) is 34.8. The Labute approximate surface area is 210 Å². The molecule has 0 unspecified atom stereocenters. The standard InChI is InChI=1S/C28H29NO7/c1-2-3-4-5-6-7-20-34-24-16-18-26(19-17-24)36-28(31)22-10-14-25(15-11-22)35-27(30)21-8-12-23(13-9-21)29(32)33/h8-19H,2-7,20H2,1H3. The molecule has 8 nitrogen and oxygen atoms in total. The first kappa shape index (κ1) is 26.4. The fourth-order valence-corrected chi connectivity index (χ4v) is 3.39. The highest BCUT2D eigenvalue weighted by Crippen LogP contribution is 2.21. The van der Waals surface area contributed by atoms with Crippen LogP contribution in [0.3, 0.4) is 0 Å². The van der Waals surface area contributed by atoms with Gasteiger partial charge in [-0.25, -0.2) is 9.59 Å². The van der Waals surface area contributed by atoms with Crippen molar-refractivity contribution in [2.24, 2.45) is 0 Å². The van der Waals surface area contributed by atoms with Crippen molar-refractivity contribution in [2.45, 2.75) is 45.4 Å². The summed E-state index contributed by atoms with van der Waals surface area (Å²) < 4.78 is 16.4. The Balaban J connectivity index is 1.45. The van der Waals surface area contributed by atoms with E-state index in [4.69, 9.17) is 14.2 Å². The zero-order valence-electron chi connectivity index (χ0n) is 20.2. The Bertz CT molecular complexity index is 1140. The van der Waals surface area contributed by atoms with Gasteiger partial charge in [0.15, 0.2) is 0 Å². The molecule has 0 aliphatic rings. The van der Waals surface area contributed by atoms with Crippen LogP contribution in [0.5, 0.6) is 17.2 Å². The molecule has 0 aromatic heterocycles. The summed E-state index contributed by atoms with van der Waals surface area (Å²) in [5.74, 6) is 0.118. The summed E-state index contributed by atoms with van der Waals surface area (Å²) in [5.41, 5.74) is 0.335. The molecule has 0 N–H and O–H groups in total. The number of unbranched alkanes of at least 4 members (excludes halogenated alkanes) is 5. The summed E-state index contributed by atoms with van der Waals surface area (Å²) in [6, 6.07) is 17.9. The molecule has 3 rings (SSSR count). The Morgan fingerprint density at radius 3 is 1.64 bits per heavy atom. The number of nitro benzene ring substituents is 1. The second-order valence-electron chi connectivity index (χ2n) is 8.20. The highest BCUT2D eigenvalue weighted by molar-refractivity contribution is 5.92. The number of benzene rings is 3. The topological polar surface area (TPSA) is 105 Å². The first-order chi connectivity index (χ1) is 17.5. The summed E-state index contributed by atoms with van der Waals surface area (Å²) in [5, 5.41) is 10.7. The highest BCUT2D eigenvalue weighted by atomic mass is 16.6. The highest BCUT2D eigenvalue weighted by Gasteiger charge is 2.13. The number of nitrogens with zero attached hydrogens (tertiary/aromatic N) is 1. The van der Waals surface area contributed by atoms with Gasteiger partial charge in [-0.15, -0.1) is 0 Å². The maximum Gasteiger partial charge on any atom is 0.343 e. The number of carbonyl (C=O) groups is 2. The second kappa shape index (κ2) is 13.6. The predicted molar refractivity (Wildman–Crippen MR) is 135 cm³/mol. The van der Waals surface area contributed by atoms with Gasteiger partial charge in [0.1, 0.15) is 17.2 Å². The van der Waals surface area contributed by atoms with Gasteiger partial charge < -0.3 is 14.2 Å². The molecule has 0 saturated heterocycles. The molecule has 0 bridgehead atoms. The van der Waals surface area contributed by atoms with E-state index in [0.29, 0.717) is 12.4 Å². The van der Waals surface area contributed by atoms with Crippen molar-refractivity contribution < 1.29 is 28.7 Å².